The Balaban J connectivity index is 4.06. The van der Waals surface area contributed by atoms with Gasteiger partial charge in [-0.1, -0.05) is 0 Å². The molecule has 0 saturated carbocycles. The lowest BCUT2D eigenvalue weighted by atomic mass is 10.3. The lowest BCUT2D eigenvalue weighted by Crippen LogP contribution is -2.46. The summed E-state index contributed by atoms with van der Waals surface area (Å²) in [7, 11) is 3.13. The molecule has 4 amide bonds. The molecule has 6 heteroatoms. The van der Waals surface area contributed by atoms with Crippen LogP contribution in [-0.2, 0) is 0 Å². The van der Waals surface area contributed by atoms with Crippen molar-refractivity contribution in [2.24, 2.45) is 11.5 Å². The fourth-order valence-corrected chi connectivity index (χ4v) is 0.826. The first kappa shape index (κ1) is 11.5. The van der Waals surface area contributed by atoms with Gasteiger partial charge in [0.05, 0.1) is 0 Å². The summed E-state index contributed by atoms with van der Waals surface area (Å²) in [5.74, 6) is 0. The summed E-state index contributed by atoms with van der Waals surface area (Å²) >= 11 is 0. The molecule has 1 unspecified atom stereocenters. The summed E-state index contributed by atoms with van der Waals surface area (Å²) in [4.78, 5) is 24.0. The van der Waals surface area contributed by atoms with E-state index in [1.807, 2.05) is 0 Å². The van der Waals surface area contributed by atoms with E-state index < -0.39 is 12.1 Å². The molecule has 0 aliphatic heterocycles. The summed E-state index contributed by atoms with van der Waals surface area (Å²) in [6, 6.07) is -1.19. The standard InChI is InChI=1S/C7H16N4O2/c1-5(11(3)7(9)13)4-10(2)6(8)12/h5H,4H2,1-3H3,(H2,8,12)(H2,9,13). The van der Waals surface area contributed by atoms with Crippen molar-refractivity contribution in [2.45, 2.75) is 13.0 Å². The number of primary amides is 2. The lowest BCUT2D eigenvalue weighted by Gasteiger charge is -2.26. The number of nitrogens with two attached hydrogens (primary N) is 2. The van der Waals surface area contributed by atoms with E-state index in [9.17, 15) is 9.59 Å². The van der Waals surface area contributed by atoms with Crippen LogP contribution in [0.2, 0.25) is 0 Å². The van der Waals surface area contributed by atoms with Gasteiger partial charge in [-0.15, -0.1) is 0 Å². The second kappa shape index (κ2) is 4.54. The molecule has 0 saturated heterocycles. The van der Waals surface area contributed by atoms with E-state index in [4.69, 9.17) is 11.5 Å². The van der Waals surface area contributed by atoms with Crippen molar-refractivity contribution in [3.8, 4) is 0 Å². The first-order valence-corrected chi connectivity index (χ1v) is 3.89. The Morgan fingerprint density at radius 3 is 2.00 bits per heavy atom. The Bertz CT molecular complexity index is 207. The van der Waals surface area contributed by atoms with E-state index in [-0.39, 0.29) is 6.04 Å². The molecule has 0 radical (unpaired) electrons. The molecule has 76 valence electrons. The second-order valence-electron chi connectivity index (χ2n) is 3.02. The third-order valence-electron chi connectivity index (χ3n) is 1.92. The van der Waals surface area contributed by atoms with Gasteiger partial charge < -0.3 is 21.3 Å². The van der Waals surface area contributed by atoms with Crippen molar-refractivity contribution < 1.29 is 9.59 Å². The van der Waals surface area contributed by atoms with E-state index in [0.717, 1.165) is 0 Å². The highest BCUT2D eigenvalue weighted by atomic mass is 16.2. The van der Waals surface area contributed by atoms with Crippen LogP contribution in [0.4, 0.5) is 9.59 Å². The van der Waals surface area contributed by atoms with Crippen LogP contribution >= 0.6 is 0 Å². The molecule has 13 heavy (non-hydrogen) atoms. The van der Waals surface area contributed by atoms with E-state index in [2.05, 4.69) is 0 Å². The maximum Gasteiger partial charge on any atom is 0.314 e. The van der Waals surface area contributed by atoms with Crippen LogP contribution in [0.5, 0.6) is 0 Å². The first-order chi connectivity index (χ1) is 5.86. The Kier molecular flexibility index (Phi) is 4.03. The number of hydrogen-bond acceptors (Lipinski definition) is 2. The van der Waals surface area contributed by atoms with Crippen LogP contribution < -0.4 is 11.5 Å². The van der Waals surface area contributed by atoms with Crippen LogP contribution in [0.1, 0.15) is 6.92 Å². The highest BCUT2D eigenvalue weighted by Gasteiger charge is 2.15. The Hall–Kier alpha value is -1.46. The van der Waals surface area contributed by atoms with E-state index >= 15 is 0 Å². The molecule has 4 N–H and O–H groups in total. The third-order valence-corrected chi connectivity index (χ3v) is 1.92. The van der Waals surface area contributed by atoms with Crippen molar-refractivity contribution >= 4 is 12.1 Å². The van der Waals surface area contributed by atoms with E-state index in [1.54, 1.807) is 21.0 Å². The smallest absolute Gasteiger partial charge is 0.314 e. The second-order valence-corrected chi connectivity index (χ2v) is 3.02. The van der Waals surface area contributed by atoms with Gasteiger partial charge in [0.1, 0.15) is 0 Å². The van der Waals surface area contributed by atoms with Crippen molar-refractivity contribution in [1.82, 2.24) is 9.80 Å². The minimum absolute atomic E-state index is 0.144. The predicted molar refractivity (Wildman–Crippen MR) is 49.0 cm³/mol. The molecular weight excluding hydrogens is 172 g/mol. The Morgan fingerprint density at radius 2 is 1.69 bits per heavy atom. The number of urea groups is 2. The largest absolute Gasteiger partial charge is 0.351 e. The summed E-state index contributed by atoms with van der Waals surface area (Å²) in [5.41, 5.74) is 10.1. The molecule has 0 aromatic carbocycles. The van der Waals surface area contributed by atoms with E-state index in [0.29, 0.717) is 6.54 Å². The zero-order valence-electron chi connectivity index (χ0n) is 8.15. The van der Waals surface area contributed by atoms with Gasteiger partial charge in [-0.2, -0.15) is 0 Å². The average Bonchev–Trinajstić information content (AvgIpc) is 2.02. The number of carbonyl (C=O) groups excluding carboxylic acids is 2. The van der Waals surface area contributed by atoms with Crippen LogP contribution in [0.15, 0.2) is 0 Å². The third kappa shape index (κ3) is 3.64. The summed E-state index contributed by atoms with van der Waals surface area (Å²) in [6.45, 7) is 2.15. The summed E-state index contributed by atoms with van der Waals surface area (Å²) in [5, 5.41) is 0. The maximum absolute atomic E-state index is 10.7. The van der Waals surface area contributed by atoms with Crippen molar-refractivity contribution in [3.63, 3.8) is 0 Å². The number of likely N-dealkylation sites (N-methyl/N-ethyl adjacent to an activating group) is 2. The Morgan fingerprint density at radius 1 is 1.23 bits per heavy atom. The zero-order valence-corrected chi connectivity index (χ0v) is 8.15. The minimum atomic E-state index is -0.523. The highest BCUT2D eigenvalue weighted by molar-refractivity contribution is 5.73. The number of hydrogen-bond donors (Lipinski definition) is 2. The van der Waals surface area contributed by atoms with Crippen molar-refractivity contribution in [1.29, 1.82) is 0 Å². The average molecular weight is 188 g/mol. The quantitative estimate of drug-likeness (QED) is 0.618. The molecule has 0 heterocycles. The SMILES string of the molecule is CC(CN(C)C(N)=O)N(C)C(N)=O. The van der Waals surface area contributed by atoms with Gasteiger partial charge in [0.2, 0.25) is 0 Å². The topological polar surface area (TPSA) is 92.7 Å². The minimum Gasteiger partial charge on any atom is -0.351 e. The molecule has 0 aromatic rings. The van der Waals surface area contributed by atoms with Crippen LogP contribution in [0.25, 0.3) is 0 Å². The van der Waals surface area contributed by atoms with Gasteiger partial charge in [-0.3, -0.25) is 0 Å². The van der Waals surface area contributed by atoms with Crippen LogP contribution in [0.3, 0.4) is 0 Å². The van der Waals surface area contributed by atoms with E-state index in [1.165, 1.54) is 9.80 Å². The molecule has 6 nitrogen and oxygen atoms in total. The molecule has 1 atom stereocenters. The van der Waals surface area contributed by atoms with Gasteiger partial charge in [0, 0.05) is 26.7 Å². The fourth-order valence-electron chi connectivity index (χ4n) is 0.826. The summed E-state index contributed by atoms with van der Waals surface area (Å²) in [6.07, 6.45) is 0. The molecule has 0 aliphatic carbocycles. The highest BCUT2D eigenvalue weighted by Crippen LogP contribution is 1.97. The van der Waals surface area contributed by atoms with Gasteiger partial charge in [-0.05, 0) is 6.92 Å². The predicted octanol–water partition coefficient (Wildman–Crippen LogP) is -0.604. The molecular formula is C7H16N4O2. The number of nitrogens with zero attached hydrogens (tertiary/aromatic N) is 2. The lowest BCUT2D eigenvalue weighted by molar-refractivity contribution is 0.181. The van der Waals surface area contributed by atoms with Gasteiger partial charge >= 0.3 is 12.1 Å². The maximum atomic E-state index is 10.7. The van der Waals surface area contributed by atoms with Gasteiger partial charge in [0.15, 0.2) is 0 Å². The summed E-state index contributed by atoms with van der Waals surface area (Å²) < 4.78 is 0. The number of rotatable bonds is 3. The molecule has 0 fully saturated rings. The molecule has 0 aliphatic rings. The fraction of sp³-hybridized carbons (Fsp3) is 0.714. The number of carbonyl (C=O) groups is 2. The molecule has 0 aromatic heterocycles. The monoisotopic (exact) mass is 188 g/mol. The van der Waals surface area contributed by atoms with Crippen LogP contribution in [-0.4, -0.2) is 48.5 Å². The number of amides is 4. The van der Waals surface area contributed by atoms with Crippen molar-refractivity contribution in [2.75, 3.05) is 20.6 Å². The van der Waals surface area contributed by atoms with Crippen LogP contribution in [0, 0.1) is 0 Å². The van der Waals surface area contributed by atoms with Crippen molar-refractivity contribution in [3.05, 3.63) is 0 Å². The zero-order chi connectivity index (χ0) is 10.6. The van der Waals surface area contributed by atoms with Gasteiger partial charge in [0.25, 0.3) is 0 Å². The first-order valence-electron chi connectivity index (χ1n) is 3.89. The molecule has 0 spiro atoms. The Labute approximate surface area is 77.5 Å². The molecule has 0 bridgehead atoms. The molecule has 0 rings (SSSR count). The normalized spacial score (nSPS) is 11.9. The van der Waals surface area contributed by atoms with Gasteiger partial charge in [-0.25, -0.2) is 9.59 Å².